The fourth-order valence-corrected chi connectivity index (χ4v) is 9.23. The SMILES string of the molecule is CC/C(=C/CCO[Si](c1ccccc1)(c1ccccc1)C(C)(C)C)[C@@H](O)c1ccc(Cl)cc1. The van der Waals surface area contributed by atoms with E-state index in [-0.39, 0.29) is 5.04 Å². The fraction of sp³-hybridized carbons (Fsp3) is 0.310. The van der Waals surface area contributed by atoms with Crippen LogP contribution in [0, 0.1) is 0 Å². The summed E-state index contributed by atoms with van der Waals surface area (Å²) in [6.07, 6.45) is 3.04. The van der Waals surface area contributed by atoms with E-state index < -0.39 is 14.4 Å². The first-order valence-corrected chi connectivity index (χ1v) is 14.0. The third kappa shape index (κ3) is 5.85. The van der Waals surface area contributed by atoms with Crippen LogP contribution >= 0.6 is 11.6 Å². The number of rotatable bonds is 9. The van der Waals surface area contributed by atoms with E-state index in [9.17, 15) is 5.11 Å². The van der Waals surface area contributed by atoms with Crippen LogP contribution in [0.3, 0.4) is 0 Å². The van der Waals surface area contributed by atoms with E-state index in [4.69, 9.17) is 16.0 Å². The van der Waals surface area contributed by atoms with Crippen molar-refractivity contribution in [1.29, 1.82) is 0 Å². The second kappa shape index (κ2) is 11.3. The Labute approximate surface area is 205 Å². The van der Waals surface area contributed by atoms with Gasteiger partial charge in [-0.1, -0.05) is 118 Å². The summed E-state index contributed by atoms with van der Waals surface area (Å²) in [6, 6.07) is 28.8. The first-order chi connectivity index (χ1) is 15.8. The minimum atomic E-state index is -2.54. The molecular weight excluding hydrogens is 444 g/mol. The first-order valence-electron chi connectivity index (χ1n) is 11.7. The highest BCUT2D eigenvalue weighted by Gasteiger charge is 2.49. The van der Waals surface area contributed by atoms with Crippen LogP contribution in [-0.2, 0) is 4.43 Å². The van der Waals surface area contributed by atoms with Gasteiger partial charge in [0, 0.05) is 11.6 Å². The van der Waals surface area contributed by atoms with Crippen molar-refractivity contribution in [1.82, 2.24) is 0 Å². The van der Waals surface area contributed by atoms with Crippen molar-refractivity contribution < 1.29 is 9.53 Å². The summed E-state index contributed by atoms with van der Waals surface area (Å²) in [5.41, 5.74) is 1.86. The van der Waals surface area contributed by atoms with Gasteiger partial charge in [-0.3, -0.25) is 0 Å². The molecule has 0 aromatic heterocycles. The highest BCUT2D eigenvalue weighted by atomic mass is 35.5. The lowest BCUT2D eigenvalue weighted by Gasteiger charge is -2.43. The maximum atomic E-state index is 10.9. The molecule has 3 aromatic carbocycles. The van der Waals surface area contributed by atoms with E-state index >= 15 is 0 Å². The maximum Gasteiger partial charge on any atom is 0.261 e. The van der Waals surface area contributed by atoms with Crippen LogP contribution in [0.2, 0.25) is 10.1 Å². The summed E-state index contributed by atoms with van der Waals surface area (Å²) in [5, 5.41) is 14.1. The number of hydrogen-bond donors (Lipinski definition) is 1. The van der Waals surface area contributed by atoms with Crippen LogP contribution in [0.25, 0.3) is 0 Å². The van der Waals surface area contributed by atoms with E-state index in [0.29, 0.717) is 11.6 Å². The third-order valence-electron chi connectivity index (χ3n) is 6.20. The minimum Gasteiger partial charge on any atom is -0.407 e. The summed E-state index contributed by atoms with van der Waals surface area (Å²) < 4.78 is 6.96. The Morgan fingerprint density at radius 2 is 1.42 bits per heavy atom. The summed E-state index contributed by atoms with van der Waals surface area (Å²) in [5.74, 6) is 0. The molecule has 0 aliphatic rings. The second-order valence-electron chi connectivity index (χ2n) is 9.39. The number of benzene rings is 3. The Bertz CT molecular complexity index is 985. The Balaban J connectivity index is 1.86. The molecule has 0 unspecified atom stereocenters. The molecule has 3 rings (SSSR count). The van der Waals surface area contributed by atoms with Crippen molar-refractivity contribution in [2.45, 2.75) is 51.7 Å². The Morgan fingerprint density at radius 1 is 0.909 bits per heavy atom. The number of halogens is 1. The molecule has 174 valence electrons. The topological polar surface area (TPSA) is 29.5 Å². The van der Waals surface area contributed by atoms with Gasteiger partial charge in [0.1, 0.15) is 6.10 Å². The summed E-state index contributed by atoms with van der Waals surface area (Å²) >= 11 is 6.00. The van der Waals surface area contributed by atoms with Crippen LogP contribution in [0.5, 0.6) is 0 Å². The van der Waals surface area contributed by atoms with Crippen molar-refractivity contribution in [3.8, 4) is 0 Å². The number of aliphatic hydroxyl groups excluding tert-OH is 1. The first kappa shape index (κ1) is 25.4. The average Bonchev–Trinajstić information content (AvgIpc) is 2.82. The molecule has 2 nitrogen and oxygen atoms in total. The monoisotopic (exact) mass is 478 g/mol. The molecule has 0 radical (unpaired) electrons. The Kier molecular flexibility index (Phi) is 8.72. The summed E-state index contributed by atoms with van der Waals surface area (Å²) in [4.78, 5) is 0. The Morgan fingerprint density at radius 3 is 1.88 bits per heavy atom. The van der Waals surface area contributed by atoms with Gasteiger partial charge in [-0.15, -0.1) is 0 Å². The van der Waals surface area contributed by atoms with Crippen LogP contribution in [0.1, 0.15) is 52.2 Å². The van der Waals surface area contributed by atoms with Crippen LogP contribution < -0.4 is 10.4 Å². The van der Waals surface area contributed by atoms with E-state index in [0.717, 1.165) is 24.0 Å². The molecule has 1 N–H and O–H groups in total. The van der Waals surface area contributed by atoms with Crippen molar-refractivity contribution in [3.63, 3.8) is 0 Å². The van der Waals surface area contributed by atoms with Crippen LogP contribution in [0.4, 0.5) is 0 Å². The molecule has 0 aliphatic carbocycles. The molecule has 4 heteroatoms. The van der Waals surface area contributed by atoms with E-state index in [2.05, 4.69) is 94.4 Å². The number of hydrogen-bond acceptors (Lipinski definition) is 2. The highest BCUT2D eigenvalue weighted by Crippen LogP contribution is 2.37. The normalized spacial score (nSPS) is 13.7. The molecule has 0 spiro atoms. The zero-order valence-electron chi connectivity index (χ0n) is 20.1. The van der Waals surface area contributed by atoms with Crippen molar-refractivity contribution in [2.75, 3.05) is 6.61 Å². The molecule has 0 amide bonds. The molecule has 0 fully saturated rings. The van der Waals surface area contributed by atoms with E-state index in [1.807, 2.05) is 24.3 Å². The molecule has 1 atom stereocenters. The largest absolute Gasteiger partial charge is 0.407 e. The molecule has 0 heterocycles. The zero-order valence-corrected chi connectivity index (χ0v) is 21.8. The minimum absolute atomic E-state index is 0.0458. The van der Waals surface area contributed by atoms with Crippen molar-refractivity contribution >= 4 is 30.3 Å². The smallest absolute Gasteiger partial charge is 0.261 e. The standard InChI is InChI=1S/C29H35ClO2Si/c1-5-23(28(31)24-18-20-25(30)21-19-24)13-12-22-32-33(29(2,3)4,26-14-8-6-9-15-26)27-16-10-7-11-17-27/h6-11,13-21,28,31H,5,12,22H2,1-4H3/b23-13-/t28-/m1/s1. The van der Waals surface area contributed by atoms with Crippen molar-refractivity contribution in [2.24, 2.45) is 0 Å². The molecule has 3 aromatic rings. The summed E-state index contributed by atoms with van der Waals surface area (Å²) in [6.45, 7) is 9.54. The van der Waals surface area contributed by atoms with Gasteiger partial charge in [0.05, 0.1) is 0 Å². The van der Waals surface area contributed by atoms with Crippen LogP contribution in [-0.4, -0.2) is 20.0 Å². The lowest BCUT2D eigenvalue weighted by atomic mass is 9.99. The average molecular weight is 479 g/mol. The molecule has 0 saturated heterocycles. The Hall–Kier alpha value is -2.17. The van der Waals surface area contributed by atoms with Gasteiger partial charge in [0.2, 0.25) is 0 Å². The lowest BCUT2D eigenvalue weighted by molar-refractivity contribution is 0.211. The molecule has 33 heavy (non-hydrogen) atoms. The lowest BCUT2D eigenvalue weighted by Crippen LogP contribution is -2.66. The molecule has 0 saturated carbocycles. The fourth-order valence-electron chi connectivity index (χ4n) is 4.53. The molecule has 0 aliphatic heterocycles. The second-order valence-corrected chi connectivity index (χ2v) is 14.1. The van der Waals surface area contributed by atoms with Crippen molar-refractivity contribution in [3.05, 3.63) is 107 Å². The van der Waals surface area contributed by atoms with Gasteiger partial charge in [-0.25, -0.2) is 0 Å². The van der Waals surface area contributed by atoms with Gasteiger partial charge in [-0.05, 0) is 51.5 Å². The van der Waals surface area contributed by atoms with Gasteiger partial charge in [0.25, 0.3) is 8.32 Å². The maximum absolute atomic E-state index is 10.9. The van der Waals surface area contributed by atoms with Gasteiger partial charge >= 0.3 is 0 Å². The predicted molar refractivity (Wildman–Crippen MR) is 143 cm³/mol. The van der Waals surface area contributed by atoms with Gasteiger partial charge in [0.15, 0.2) is 0 Å². The third-order valence-corrected chi connectivity index (χ3v) is 11.5. The molecule has 0 bridgehead atoms. The van der Waals surface area contributed by atoms with Gasteiger partial charge < -0.3 is 9.53 Å². The number of aliphatic hydroxyl groups is 1. The highest BCUT2D eigenvalue weighted by molar-refractivity contribution is 6.99. The summed E-state index contributed by atoms with van der Waals surface area (Å²) in [7, 11) is -2.54. The van der Waals surface area contributed by atoms with Gasteiger partial charge in [-0.2, -0.15) is 0 Å². The predicted octanol–water partition coefficient (Wildman–Crippen LogP) is 6.68. The van der Waals surface area contributed by atoms with E-state index in [1.54, 1.807) is 0 Å². The van der Waals surface area contributed by atoms with E-state index in [1.165, 1.54) is 10.4 Å². The quantitative estimate of drug-likeness (QED) is 0.211. The molecular formula is C29H35ClO2Si. The van der Waals surface area contributed by atoms with Crippen LogP contribution in [0.15, 0.2) is 96.6 Å². The zero-order chi connectivity index (χ0) is 23.9.